The summed E-state index contributed by atoms with van der Waals surface area (Å²) in [4.78, 5) is 0. The standard InChI is InChI=1S/C9H13ClF3N3/c1-2-3-4-5-16-8(9(11,12)13)7(6-10)14-15-16/h2-6H2,1H3. The van der Waals surface area contributed by atoms with E-state index in [0.717, 1.165) is 17.5 Å². The maximum atomic E-state index is 12.7. The predicted molar refractivity (Wildman–Crippen MR) is 54.1 cm³/mol. The number of hydrogen-bond donors (Lipinski definition) is 0. The highest BCUT2D eigenvalue weighted by Gasteiger charge is 2.38. The van der Waals surface area contributed by atoms with Gasteiger partial charge in [0, 0.05) is 6.54 Å². The molecular formula is C9H13ClF3N3. The third-order valence-electron chi connectivity index (χ3n) is 2.17. The smallest absolute Gasteiger partial charge is 0.240 e. The molecule has 0 aliphatic carbocycles. The zero-order chi connectivity index (χ0) is 12.2. The lowest BCUT2D eigenvalue weighted by Crippen LogP contribution is -2.16. The second-order valence-electron chi connectivity index (χ2n) is 3.45. The van der Waals surface area contributed by atoms with Gasteiger partial charge in [0.25, 0.3) is 0 Å². The lowest BCUT2D eigenvalue weighted by molar-refractivity contribution is -0.144. The van der Waals surface area contributed by atoms with E-state index in [-0.39, 0.29) is 18.1 Å². The van der Waals surface area contributed by atoms with Crippen LogP contribution in [0.2, 0.25) is 0 Å². The first-order valence-corrected chi connectivity index (χ1v) is 5.59. The SMILES string of the molecule is CCCCCn1nnc(CCl)c1C(F)(F)F. The molecule has 1 aromatic rings. The van der Waals surface area contributed by atoms with Crippen LogP contribution in [0, 0.1) is 0 Å². The Balaban J connectivity index is 2.88. The van der Waals surface area contributed by atoms with Crippen molar-refractivity contribution < 1.29 is 13.2 Å². The van der Waals surface area contributed by atoms with Crippen LogP contribution in [0.3, 0.4) is 0 Å². The topological polar surface area (TPSA) is 30.7 Å². The van der Waals surface area contributed by atoms with Gasteiger partial charge in [0.1, 0.15) is 5.69 Å². The third kappa shape index (κ3) is 3.10. The molecule has 0 amide bonds. The molecule has 0 unspecified atom stereocenters. The van der Waals surface area contributed by atoms with E-state index < -0.39 is 11.9 Å². The molecule has 0 saturated carbocycles. The maximum Gasteiger partial charge on any atom is 0.434 e. The van der Waals surface area contributed by atoms with Gasteiger partial charge in [-0.15, -0.1) is 16.7 Å². The minimum atomic E-state index is -4.44. The van der Waals surface area contributed by atoms with E-state index in [1.165, 1.54) is 0 Å². The van der Waals surface area contributed by atoms with Crippen molar-refractivity contribution in [3.8, 4) is 0 Å². The molecule has 0 saturated heterocycles. The Labute approximate surface area is 96.6 Å². The first kappa shape index (κ1) is 13.3. The van der Waals surface area contributed by atoms with Crippen LogP contribution in [-0.4, -0.2) is 15.0 Å². The predicted octanol–water partition coefficient (Wildman–Crippen LogP) is 3.23. The maximum absolute atomic E-state index is 12.7. The summed E-state index contributed by atoms with van der Waals surface area (Å²) in [5.74, 6) is -0.275. The Bertz CT molecular complexity index is 335. The Morgan fingerprint density at radius 2 is 2.00 bits per heavy atom. The van der Waals surface area contributed by atoms with Crippen LogP contribution in [-0.2, 0) is 18.6 Å². The minimum absolute atomic E-state index is 0.203. The van der Waals surface area contributed by atoms with Gasteiger partial charge in [-0.2, -0.15) is 13.2 Å². The van der Waals surface area contributed by atoms with E-state index >= 15 is 0 Å². The largest absolute Gasteiger partial charge is 0.434 e. The van der Waals surface area contributed by atoms with Crippen molar-refractivity contribution in [1.82, 2.24) is 15.0 Å². The van der Waals surface area contributed by atoms with Crippen molar-refractivity contribution in [2.75, 3.05) is 0 Å². The van der Waals surface area contributed by atoms with Crippen LogP contribution in [0.5, 0.6) is 0 Å². The number of aryl methyl sites for hydroxylation is 1. The van der Waals surface area contributed by atoms with E-state index in [2.05, 4.69) is 10.3 Å². The highest BCUT2D eigenvalue weighted by atomic mass is 35.5. The molecule has 1 aromatic heterocycles. The molecule has 0 bridgehead atoms. The van der Waals surface area contributed by atoms with E-state index in [9.17, 15) is 13.2 Å². The van der Waals surface area contributed by atoms with Gasteiger partial charge in [-0.3, -0.25) is 0 Å². The number of halogens is 4. The van der Waals surface area contributed by atoms with Gasteiger partial charge >= 0.3 is 6.18 Å². The average Bonchev–Trinajstić information content (AvgIpc) is 2.61. The fourth-order valence-electron chi connectivity index (χ4n) is 1.42. The number of nitrogens with zero attached hydrogens (tertiary/aromatic N) is 3. The zero-order valence-electron chi connectivity index (χ0n) is 8.89. The van der Waals surface area contributed by atoms with E-state index in [1.54, 1.807) is 0 Å². The molecule has 0 N–H and O–H groups in total. The van der Waals surface area contributed by atoms with Crippen molar-refractivity contribution >= 4 is 11.6 Å². The third-order valence-corrected chi connectivity index (χ3v) is 2.43. The van der Waals surface area contributed by atoms with Gasteiger partial charge < -0.3 is 0 Å². The second kappa shape index (κ2) is 5.52. The quantitative estimate of drug-likeness (QED) is 0.597. The van der Waals surface area contributed by atoms with Gasteiger partial charge in [0.05, 0.1) is 5.88 Å². The molecule has 0 aromatic carbocycles. The molecule has 1 heterocycles. The Kier molecular flexibility index (Phi) is 4.58. The summed E-state index contributed by atoms with van der Waals surface area (Å²) >= 11 is 5.40. The van der Waals surface area contributed by atoms with Crippen LogP contribution in [0.15, 0.2) is 0 Å². The summed E-state index contributed by atoms with van der Waals surface area (Å²) in [5, 5.41) is 6.93. The number of unbranched alkanes of at least 4 members (excludes halogenated alkanes) is 2. The highest BCUT2D eigenvalue weighted by molar-refractivity contribution is 6.16. The molecule has 0 radical (unpaired) electrons. The average molecular weight is 256 g/mol. The van der Waals surface area contributed by atoms with Gasteiger partial charge in [-0.25, -0.2) is 4.68 Å². The summed E-state index contributed by atoms with van der Waals surface area (Å²) in [6.45, 7) is 2.21. The van der Waals surface area contributed by atoms with Crippen LogP contribution in [0.1, 0.15) is 37.6 Å². The summed E-state index contributed by atoms with van der Waals surface area (Å²) in [6.07, 6.45) is -1.98. The van der Waals surface area contributed by atoms with Gasteiger partial charge in [0.2, 0.25) is 0 Å². The summed E-state index contributed by atoms with van der Waals surface area (Å²) < 4.78 is 38.9. The Hall–Kier alpha value is -0.780. The first-order valence-electron chi connectivity index (χ1n) is 5.06. The number of rotatable bonds is 5. The summed E-state index contributed by atoms with van der Waals surface area (Å²) in [5.41, 5.74) is -1.02. The number of alkyl halides is 4. The van der Waals surface area contributed by atoms with Crippen LogP contribution >= 0.6 is 11.6 Å². The fraction of sp³-hybridized carbons (Fsp3) is 0.778. The lowest BCUT2D eigenvalue weighted by Gasteiger charge is -2.10. The minimum Gasteiger partial charge on any atom is -0.240 e. The molecular weight excluding hydrogens is 243 g/mol. The molecule has 0 aliphatic rings. The number of aromatic nitrogens is 3. The summed E-state index contributed by atoms with van der Waals surface area (Å²) in [7, 11) is 0. The Morgan fingerprint density at radius 1 is 1.31 bits per heavy atom. The lowest BCUT2D eigenvalue weighted by atomic mass is 10.2. The highest BCUT2D eigenvalue weighted by Crippen LogP contribution is 2.31. The molecule has 0 atom stereocenters. The van der Waals surface area contributed by atoms with E-state index in [1.807, 2.05) is 6.92 Å². The van der Waals surface area contributed by atoms with E-state index in [4.69, 9.17) is 11.6 Å². The molecule has 0 spiro atoms. The molecule has 1 rings (SSSR count). The van der Waals surface area contributed by atoms with Crippen molar-refractivity contribution in [3.05, 3.63) is 11.4 Å². The van der Waals surface area contributed by atoms with Crippen LogP contribution in [0.25, 0.3) is 0 Å². The Morgan fingerprint density at radius 3 is 2.50 bits per heavy atom. The van der Waals surface area contributed by atoms with Crippen molar-refractivity contribution in [3.63, 3.8) is 0 Å². The molecule has 92 valence electrons. The zero-order valence-corrected chi connectivity index (χ0v) is 9.64. The van der Waals surface area contributed by atoms with Crippen molar-refractivity contribution in [2.24, 2.45) is 0 Å². The van der Waals surface area contributed by atoms with Gasteiger partial charge in [-0.05, 0) is 6.42 Å². The first-order chi connectivity index (χ1) is 7.50. The fourth-order valence-corrected chi connectivity index (χ4v) is 1.60. The normalized spacial score (nSPS) is 12.1. The van der Waals surface area contributed by atoms with Crippen LogP contribution < -0.4 is 0 Å². The van der Waals surface area contributed by atoms with Gasteiger partial charge in [-0.1, -0.05) is 25.0 Å². The van der Waals surface area contributed by atoms with Crippen LogP contribution in [0.4, 0.5) is 13.2 Å². The van der Waals surface area contributed by atoms with Crippen molar-refractivity contribution in [1.29, 1.82) is 0 Å². The molecule has 7 heteroatoms. The van der Waals surface area contributed by atoms with Gasteiger partial charge in [0.15, 0.2) is 5.69 Å². The second-order valence-corrected chi connectivity index (χ2v) is 3.71. The van der Waals surface area contributed by atoms with E-state index in [0.29, 0.717) is 6.42 Å². The number of hydrogen-bond acceptors (Lipinski definition) is 2. The monoisotopic (exact) mass is 255 g/mol. The van der Waals surface area contributed by atoms with Crippen molar-refractivity contribution in [2.45, 2.75) is 44.8 Å². The molecule has 16 heavy (non-hydrogen) atoms. The molecule has 3 nitrogen and oxygen atoms in total. The summed E-state index contributed by atoms with van der Waals surface area (Å²) in [6, 6.07) is 0. The molecule has 0 fully saturated rings. The molecule has 0 aliphatic heterocycles.